The van der Waals surface area contributed by atoms with Gasteiger partial charge in [-0.05, 0) is 12.0 Å². The predicted octanol–water partition coefficient (Wildman–Crippen LogP) is 2.63. The third-order valence-electron chi connectivity index (χ3n) is 1.87. The van der Waals surface area contributed by atoms with E-state index in [0.29, 0.717) is 0 Å². The van der Waals surface area contributed by atoms with Crippen molar-refractivity contribution in [2.75, 3.05) is 0 Å². The summed E-state index contributed by atoms with van der Waals surface area (Å²) in [7, 11) is 0. The number of hydrogen-bond acceptors (Lipinski definition) is 1. The van der Waals surface area contributed by atoms with E-state index >= 15 is 0 Å². The van der Waals surface area contributed by atoms with Crippen LogP contribution < -0.4 is 5.73 Å². The summed E-state index contributed by atoms with van der Waals surface area (Å²) in [6.45, 7) is 5.84. The van der Waals surface area contributed by atoms with E-state index in [4.69, 9.17) is 5.73 Å². The molecule has 1 atom stereocenters. The summed E-state index contributed by atoms with van der Waals surface area (Å²) in [5.74, 6) is -0.314. The van der Waals surface area contributed by atoms with Crippen molar-refractivity contribution in [3.63, 3.8) is 0 Å². The van der Waals surface area contributed by atoms with Crippen LogP contribution in [0.1, 0.15) is 26.3 Å². The monoisotopic (exact) mass is 219 g/mol. The van der Waals surface area contributed by atoms with E-state index in [1.165, 1.54) is 0 Å². The molecule has 2 N–H and O–H groups in total. The zero-order chi connectivity index (χ0) is 13.0. The van der Waals surface area contributed by atoms with Gasteiger partial charge in [-0.15, -0.1) is 12.8 Å². The standard InChI is InChI=1S/C10H13NO.C2H6.C2H2/c1-8(10(11)12)7-9-5-3-2-4-6-9;2*1-2/h2-6,8H,7H2,1H3,(H2,11,12);1-2H3;1-2H/t8-;;/m0../s1. The lowest BCUT2D eigenvalue weighted by Gasteiger charge is -2.05. The molecule has 0 aliphatic carbocycles. The van der Waals surface area contributed by atoms with Crippen LogP contribution in [-0.2, 0) is 11.2 Å². The fourth-order valence-corrected chi connectivity index (χ4v) is 1.07. The summed E-state index contributed by atoms with van der Waals surface area (Å²) in [5, 5.41) is 0. The molecule has 0 heterocycles. The topological polar surface area (TPSA) is 43.1 Å². The highest BCUT2D eigenvalue weighted by molar-refractivity contribution is 5.76. The van der Waals surface area contributed by atoms with Crippen molar-refractivity contribution in [3.05, 3.63) is 35.9 Å². The fraction of sp³-hybridized carbons (Fsp3) is 0.357. The van der Waals surface area contributed by atoms with Crippen molar-refractivity contribution in [2.45, 2.75) is 27.2 Å². The predicted molar refractivity (Wildman–Crippen MR) is 69.7 cm³/mol. The third-order valence-corrected chi connectivity index (χ3v) is 1.87. The second-order valence-electron chi connectivity index (χ2n) is 2.99. The van der Waals surface area contributed by atoms with Gasteiger partial charge in [0, 0.05) is 5.92 Å². The minimum Gasteiger partial charge on any atom is -0.369 e. The summed E-state index contributed by atoms with van der Waals surface area (Å²) in [6, 6.07) is 9.88. The minimum atomic E-state index is -0.237. The second kappa shape index (κ2) is 11.3. The molecule has 0 aliphatic rings. The Morgan fingerprint density at radius 1 is 1.25 bits per heavy atom. The van der Waals surface area contributed by atoms with Gasteiger partial charge in [0.15, 0.2) is 0 Å². The normalized spacial score (nSPS) is 9.81. The number of benzene rings is 1. The highest BCUT2D eigenvalue weighted by atomic mass is 16.1. The van der Waals surface area contributed by atoms with Crippen molar-refractivity contribution in [2.24, 2.45) is 11.7 Å². The number of hydrogen-bond donors (Lipinski definition) is 1. The Morgan fingerprint density at radius 3 is 2.06 bits per heavy atom. The van der Waals surface area contributed by atoms with Gasteiger partial charge in [-0.1, -0.05) is 51.1 Å². The largest absolute Gasteiger partial charge is 0.369 e. The first-order valence-corrected chi connectivity index (χ1v) is 5.36. The molecule has 1 aromatic carbocycles. The molecule has 1 aromatic rings. The third kappa shape index (κ3) is 7.64. The molecule has 0 bridgehead atoms. The maximum Gasteiger partial charge on any atom is 0.220 e. The minimum absolute atomic E-state index is 0.0765. The van der Waals surface area contributed by atoms with E-state index < -0.39 is 0 Å². The highest BCUT2D eigenvalue weighted by Crippen LogP contribution is 2.06. The van der Waals surface area contributed by atoms with Crippen LogP contribution >= 0.6 is 0 Å². The van der Waals surface area contributed by atoms with Gasteiger partial charge < -0.3 is 5.73 Å². The Bertz CT molecular complexity index is 290. The first kappa shape index (κ1) is 16.7. The lowest BCUT2D eigenvalue weighted by Crippen LogP contribution is -2.22. The molecule has 0 radical (unpaired) electrons. The Labute approximate surface area is 98.9 Å². The van der Waals surface area contributed by atoms with Gasteiger partial charge in [0.2, 0.25) is 5.91 Å². The smallest absolute Gasteiger partial charge is 0.220 e. The fourth-order valence-electron chi connectivity index (χ4n) is 1.07. The molecule has 2 nitrogen and oxygen atoms in total. The first-order valence-electron chi connectivity index (χ1n) is 5.36. The van der Waals surface area contributed by atoms with E-state index in [-0.39, 0.29) is 11.8 Å². The van der Waals surface area contributed by atoms with Gasteiger partial charge in [-0.25, -0.2) is 0 Å². The van der Waals surface area contributed by atoms with Crippen molar-refractivity contribution >= 4 is 5.91 Å². The number of carbonyl (C=O) groups excluding carboxylic acids is 1. The average Bonchev–Trinajstić information content (AvgIpc) is 2.35. The lowest BCUT2D eigenvalue weighted by molar-refractivity contribution is -0.121. The van der Waals surface area contributed by atoms with E-state index in [1.807, 2.05) is 51.1 Å². The summed E-state index contributed by atoms with van der Waals surface area (Å²) in [4.78, 5) is 10.7. The van der Waals surface area contributed by atoms with Crippen molar-refractivity contribution < 1.29 is 4.79 Å². The highest BCUT2D eigenvalue weighted by Gasteiger charge is 2.08. The van der Waals surface area contributed by atoms with E-state index in [1.54, 1.807) is 0 Å². The van der Waals surface area contributed by atoms with Gasteiger partial charge >= 0.3 is 0 Å². The van der Waals surface area contributed by atoms with Crippen LogP contribution in [0.3, 0.4) is 0 Å². The molecule has 88 valence electrons. The van der Waals surface area contributed by atoms with Crippen LogP contribution in [0.2, 0.25) is 0 Å². The Morgan fingerprint density at radius 2 is 1.69 bits per heavy atom. The summed E-state index contributed by atoms with van der Waals surface area (Å²) in [6.07, 6.45) is 8.73. The number of amides is 1. The summed E-state index contributed by atoms with van der Waals surface area (Å²) < 4.78 is 0. The average molecular weight is 219 g/mol. The van der Waals surface area contributed by atoms with Crippen molar-refractivity contribution in [3.8, 4) is 12.8 Å². The Balaban J connectivity index is 0. The molecular formula is C14H21NO. The van der Waals surface area contributed by atoms with Gasteiger partial charge in [-0.3, -0.25) is 4.79 Å². The van der Waals surface area contributed by atoms with Gasteiger partial charge in [0.25, 0.3) is 0 Å². The van der Waals surface area contributed by atoms with Crippen LogP contribution in [0.4, 0.5) is 0 Å². The zero-order valence-electron chi connectivity index (χ0n) is 10.3. The van der Waals surface area contributed by atoms with Crippen LogP contribution in [0.5, 0.6) is 0 Å². The van der Waals surface area contributed by atoms with Gasteiger partial charge in [-0.2, -0.15) is 0 Å². The molecule has 0 aliphatic heterocycles. The van der Waals surface area contributed by atoms with Crippen molar-refractivity contribution in [1.82, 2.24) is 0 Å². The molecular weight excluding hydrogens is 198 g/mol. The maximum absolute atomic E-state index is 10.7. The molecule has 16 heavy (non-hydrogen) atoms. The van der Waals surface area contributed by atoms with Crippen LogP contribution in [0, 0.1) is 18.8 Å². The number of rotatable bonds is 3. The van der Waals surface area contributed by atoms with Gasteiger partial charge in [0.1, 0.15) is 0 Å². The van der Waals surface area contributed by atoms with E-state index in [2.05, 4.69) is 12.8 Å². The van der Waals surface area contributed by atoms with Crippen LogP contribution in [0.15, 0.2) is 30.3 Å². The second-order valence-corrected chi connectivity index (χ2v) is 2.99. The molecule has 0 saturated carbocycles. The molecule has 0 unspecified atom stereocenters. The van der Waals surface area contributed by atoms with Crippen LogP contribution in [0.25, 0.3) is 0 Å². The molecule has 0 spiro atoms. The number of terminal acetylenes is 1. The Kier molecular flexibility index (Phi) is 11.8. The summed E-state index contributed by atoms with van der Waals surface area (Å²) >= 11 is 0. The van der Waals surface area contributed by atoms with E-state index in [0.717, 1.165) is 12.0 Å². The number of primary amides is 1. The molecule has 1 rings (SSSR count). The molecule has 2 heteroatoms. The molecule has 0 fully saturated rings. The maximum atomic E-state index is 10.7. The SMILES string of the molecule is C#C.CC.C[C@@H](Cc1ccccc1)C(N)=O. The first-order chi connectivity index (χ1) is 7.70. The lowest BCUT2D eigenvalue weighted by atomic mass is 10.0. The molecule has 0 aromatic heterocycles. The van der Waals surface area contributed by atoms with E-state index in [9.17, 15) is 4.79 Å². The van der Waals surface area contributed by atoms with Gasteiger partial charge in [0.05, 0.1) is 0 Å². The zero-order valence-corrected chi connectivity index (χ0v) is 10.3. The quantitative estimate of drug-likeness (QED) is 0.780. The Hall–Kier alpha value is -1.75. The summed E-state index contributed by atoms with van der Waals surface area (Å²) in [5.41, 5.74) is 6.30. The van der Waals surface area contributed by atoms with Crippen LogP contribution in [-0.4, -0.2) is 5.91 Å². The molecule has 0 saturated heterocycles. The number of carbonyl (C=O) groups is 1. The van der Waals surface area contributed by atoms with Crippen molar-refractivity contribution in [1.29, 1.82) is 0 Å². The number of nitrogens with two attached hydrogens (primary N) is 1. The molecule has 1 amide bonds.